The Labute approximate surface area is 122 Å². The molecular formula is C10H13Cl2NO4S2. The summed E-state index contributed by atoms with van der Waals surface area (Å²) in [7, 11) is -2.23. The maximum absolute atomic E-state index is 11.7. The smallest absolute Gasteiger partial charge is 0.262 e. The van der Waals surface area contributed by atoms with Crippen molar-refractivity contribution in [2.45, 2.75) is 24.7 Å². The lowest BCUT2D eigenvalue weighted by Gasteiger charge is -2.09. The van der Waals surface area contributed by atoms with E-state index in [1.165, 1.54) is 12.1 Å². The van der Waals surface area contributed by atoms with E-state index in [0.29, 0.717) is 6.42 Å². The molecule has 1 aromatic carbocycles. The normalized spacial score (nSPS) is 12.4. The predicted octanol–water partition coefficient (Wildman–Crippen LogP) is 2.81. The number of hydrogen-bond donors (Lipinski definition) is 1. The molecule has 0 fully saturated rings. The molecule has 1 aromatic rings. The summed E-state index contributed by atoms with van der Waals surface area (Å²) < 4.78 is 47.9. The number of hydrogen-bond acceptors (Lipinski definition) is 4. The van der Waals surface area contributed by atoms with E-state index in [1.807, 2.05) is 6.92 Å². The monoisotopic (exact) mass is 345 g/mol. The van der Waals surface area contributed by atoms with Gasteiger partial charge in [0.1, 0.15) is 4.90 Å². The summed E-state index contributed by atoms with van der Waals surface area (Å²) in [5.74, 6) is -0.00330. The first-order valence-corrected chi connectivity index (χ1v) is 9.74. The number of anilines is 1. The van der Waals surface area contributed by atoms with E-state index in [0.717, 1.165) is 12.5 Å². The van der Waals surface area contributed by atoms with Crippen LogP contribution in [0.5, 0.6) is 0 Å². The fourth-order valence-corrected chi connectivity index (χ4v) is 4.11. The third-order valence-corrected chi connectivity index (χ3v) is 5.41. The molecule has 0 saturated heterocycles. The minimum Gasteiger partial charge on any atom is -0.284 e. The fourth-order valence-electron chi connectivity index (χ4n) is 1.33. The molecule has 19 heavy (non-hydrogen) atoms. The van der Waals surface area contributed by atoms with E-state index in [1.54, 1.807) is 0 Å². The van der Waals surface area contributed by atoms with Crippen LogP contribution in [0.4, 0.5) is 5.69 Å². The van der Waals surface area contributed by atoms with Crippen LogP contribution in [0.25, 0.3) is 0 Å². The van der Waals surface area contributed by atoms with E-state index in [4.69, 9.17) is 22.3 Å². The highest BCUT2D eigenvalue weighted by Gasteiger charge is 2.16. The summed E-state index contributed by atoms with van der Waals surface area (Å²) in [5, 5.41) is -0.134. The lowest BCUT2D eigenvalue weighted by atomic mass is 10.3. The molecule has 0 unspecified atom stereocenters. The average molecular weight is 346 g/mol. The standard InChI is InChI=1S/C10H13Cl2NO4S2/c1-2-3-6-18(14,15)13-8-4-5-10(9(11)7-8)19(12,16)17/h4-5,7,13H,2-3,6H2,1H3. The number of rotatable bonds is 6. The molecule has 0 spiro atoms. The van der Waals surface area contributed by atoms with Crippen molar-refractivity contribution in [3.63, 3.8) is 0 Å². The Kier molecular flexibility index (Phi) is 5.49. The van der Waals surface area contributed by atoms with Gasteiger partial charge in [0.25, 0.3) is 9.05 Å². The first kappa shape index (κ1) is 16.6. The molecule has 0 aliphatic heterocycles. The van der Waals surface area contributed by atoms with Gasteiger partial charge in [0.05, 0.1) is 16.5 Å². The van der Waals surface area contributed by atoms with Crippen molar-refractivity contribution in [1.29, 1.82) is 0 Å². The Morgan fingerprint density at radius 1 is 1.21 bits per heavy atom. The summed E-state index contributed by atoms with van der Waals surface area (Å²) in [6, 6.07) is 3.66. The third-order valence-electron chi connectivity index (χ3n) is 2.23. The number of halogens is 2. The summed E-state index contributed by atoms with van der Waals surface area (Å²) in [6.45, 7) is 1.88. The summed E-state index contributed by atoms with van der Waals surface area (Å²) in [6.07, 6.45) is 1.29. The second kappa shape index (κ2) is 6.30. The van der Waals surface area contributed by atoms with Crippen molar-refractivity contribution in [1.82, 2.24) is 0 Å². The SMILES string of the molecule is CCCCS(=O)(=O)Nc1ccc(S(=O)(=O)Cl)c(Cl)c1. The Bertz CT molecular complexity index is 656. The highest BCUT2D eigenvalue weighted by atomic mass is 35.7. The zero-order chi connectivity index (χ0) is 14.7. The molecule has 0 atom stereocenters. The topological polar surface area (TPSA) is 80.3 Å². The van der Waals surface area contributed by atoms with Gasteiger partial charge in [0.15, 0.2) is 0 Å². The van der Waals surface area contributed by atoms with Crippen LogP contribution in [0.2, 0.25) is 5.02 Å². The van der Waals surface area contributed by atoms with Crippen LogP contribution in [0.3, 0.4) is 0 Å². The average Bonchev–Trinajstić information content (AvgIpc) is 2.24. The van der Waals surface area contributed by atoms with E-state index in [-0.39, 0.29) is 21.4 Å². The molecule has 5 nitrogen and oxygen atoms in total. The van der Waals surface area contributed by atoms with E-state index in [2.05, 4.69) is 4.72 Å². The molecule has 9 heteroatoms. The third kappa shape index (κ3) is 5.18. The maximum Gasteiger partial charge on any atom is 0.262 e. The molecule has 1 rings (SSSR count). The summed E-state index contributed by atoms with van der Waals surface area (Å²) in [5.41, 5.74) is 0.199. The quantitative estimate of drug-likeness (QED) is 0.803. The van der Waals surface area contributed by atoms with Crippen molar-refractivity contribution in [2.75, 3.05) is 10.5 Å². The van der Waals surface area contributed by atoms with Crippen LogP contribution in [0.15, 0.2) is 23.1 Å². The molecule has 0 aliphatic carbocycles. The largest absolute Gasteiger partial charge is 0.284 e. The number of nitrogens with one attached hydrogen (secondary N) is 1. The Morgan fingerprint density at radius 3 is 2.32 bits per heavy atom. The van der Waals surface area contributed by atoms with Gasteiger partial charge < -0.3 is 0 Å². The highest BCUT2D eigenvalue weighted by molar-refractivity contribution is 8.13. The molecule has 0 aliphatic rings. The zero-order valence-electron chi connectivity index (χ0n) is 10.1. The first-order chi connectivity index (χ1) is 8.65. The second-order valence-corrected chi connectivity index (χ2v) is 8.64. The summed E-state index contributed by atoms with van der Waals surface area (Å²) >= 11 is 5.75. The number of sulfonamides is 1. The second-order valence-electron chi connectivity index (χ2n) is 3.86. The van der Waals surface area contributed by atoms with E-state index in [9.17, 15) is 16.8 Å². The van der Waals surface area contributed by atoms with Gasteiger partial charge in [-0.3, -0.25) is 4.72 Å². The van der Waals surface area contributed by atoms with Crippen molar-refractivity contribution in [3.05, 3.63) is 23.2 Å². The van der Waals surface area contributed by atoms with Gasteiger partial charge in [-0.1, -0.05) is 24.9 Å². The van der Waals surface area contributed by atoms with Crippen LogP contribution in [0.1, 0.15) is 19.8 Å². The van der Waals surface area contributed by atoms with Crippen molar-refractivity contribution in [2.24, 2.45) is 0 Å². The lowest BCUT2D eigenvalue weighted by Crippen LogP contribution is -2.16. The highest BCUT2D eigenvalue weighted by Crippen LogP contribution is 2.27. The molecule has 1 N–H and O–H groups in total. The van der Waals surface area contributed by atoms with Gasteiger partial charge in [-0.25, -0.2) is 16.8 Å². The van der Waals surface area contributed by atoms with Crippen molar-refractivity contribution in [3.8, 4) is 0 Å². The van der Waals surface area contributed by atoms with E-state index < -0.39 is 19.1 Å². The summed E-state index contributed by atoms with van der Waals surface area (Å²) in [4.78, 5) is -0.257. The Morgan fingerprint density at radius 2 is 1.84 bits per heavy atom. The number of unbranched alkanes of at least 4 members (excludes halogenated alkanes) is 1. The van der Waals surface area contributed by atoms with Gasteiger partial charge in [0, 0.05) is 10.7 Å². The van der Waals surface area contributed by atoms with Crippen LogP contribution in [-0.2, 0) is 19.1 Å². The van der Waals surface area contributed by atoms with Crippen molar-refractivity contribution >= 4 is 47.0 Å². The Hall–Kier alpha value is -0.500. The zero-order valence-corrected chi connectivity index (χ0v) is 13.2. The van der Waals surface area contributed by atoms with Gasteiger partial charge >= 0.3 is 0 Å². The van der Waals surface area contributed by atoms with Crippen LogP contribution >= 0.6 is 22.3 Å². The maximum atomic E-state index is 11.7. The lowest BCUT2D eigenvalue weighted by molar-refractivity contribution is 0.597. The van der Waals surface area contributed by atoms with Crippen LogP contribution in [-0.4, -0.2) is 22.6 Å². The molecular weight excluding hydrogens is 333 g/mol. The number of benzene rings is 1. The molecule has 108 valence electrons. The minimum atomic E-state index is -3.95. The van der Waals surface area contributed by atoms with E-state index >= 15 is 0 Å². The molecule has 0 heterocycles. The fraction of sp³-hybridized carbons (Fsp3) is 0.400. The van der Waals surface area contributed by atoms with Gasteiger partial charge in [-0.05, 0) is 24.6 Å². The predicted molar refractivity (Wildman–Crippen MR) is 76.8 cm³/mol. The van der Waals surface area contributed by atoms with Gasteiger partial charge in [0.2, 0.25) is 10.0 Å². The van der Waals surface area contributed by atoms with Gasteiger partial charge in [-0.2, -0.15) is 0 Å². The van der Waals surface area contributed by atoms with Crippen LogP contribution in [0, 0.1) is 0 Å². The van der Waals surface area contributed by atoms with Crippen LogP contribution < -0.4 is 4.72 Å². The van der Waals surface area contributed by atoms with Gasteiger partial charge in [-0.15, -0.1) is 0 Å². The first-order valence-electron chi connectivity index (χ1n) is 5.40. The van der Waals surface area contributed by atoms with Crippen molar-refractivity contribution < 1.29 is 16.8 Å². The molecule has 0 amide bonds. The molecule has 0 bridgehead atoms. The molecule has 0 saturated carbocycles. The Balaban J connectivity index is 2.97. The minimum absolute atomic E-state index is 0.00330. The molecule has 0 aromatic heterocycles. The molecule has 0 radical (unpaired) electrons.